The fourth-order valence-corrected chi connectivity index (χ4v) is 2.31. The van der Waals surface area contributed by atoms with E-state index in [-0.39, 0.29) is 17.7 Å². The maximum Gasteiger partial charge on any atom is 0.259 e. The molecule has 1 atom stereocenters. The number of carbonyl (C=O) groups is 1. The van der Waals surface area contributed by atoms with Gasteiger partial charge in [-0.25, -0.2) is 0 Å². The lowest BCUT2D eigenvalue weighted by atomic mass is 9.80. The molecule has 1 heterocycles. The van der Waals surface area contributed by atoms with Crippen molar-refractivity contribution in [1.82, 2.24) is 4.90 Å². The Morgan fingerprint density at radius 2 is 1.80 bits per heavy atom. The van der Waals surface area contributed by atoms with E-state index < -0.39 is 12.0 Å². The summed E-state index contributed by atoms with van der Waals surface area (Å²) in [5.41, 5.74) is -0.741. The number of methoxy groups -OCH3 is 1. The van der Waals surface area contributed by atoms with Crippen LogP contribution in [0.3, 0.4) is 0 Å². The molecule has 0 radical (unpaired) electrons. The molecule has 15 heavy (non-hydrogen) atoms. The van der Waals surface area contributed by atoms with E-state index in [1.54, 1.807) is 14.2 Å². The standard InChI is InChI=1S/C11H21NO3/c1-7(2)11(8(3)4)9(13)12(5)10(14-6)15-11/h7-8,10H,1-6H3. The lowest BCUT2D eigenvalue weighted by Crippen LogP contribution is -2.48. The normalized spacial score (nSPS) is 25.7. The second-order valence-electron chi connectivity index (χ2n) is 4.68. The largest absolute Gasteiger partial charge is 0.338 e. The predicted octanol–water partition coefficient (Wildman–Crippen LogP) is 1.46. The number of amides is 1. The molecule has 1 rings (SSSR count). The van der Waals surface area contributed by atoms with Crippen molar-refractivity contribution in [3.8, 4) is 0 Å². The van der Waals surface area contributed by atoms with E-state index >= 15 is 0 Å². The van der Waals surface area contributed by atoms with Crippen molar-refractivity contribution in [3.63, 3.8) is 0 Å². The molecule has 0 aromatic rings. The quantitative estimate of drug-likeness (QED) is 0.715. The summed E-state index contributed by atoms with van der Waals surface area (Å²) < 4.78 is 10.9. The van der Waals surface area contributed by atoms with Crippen molar-refractivity contribution in [1.29, 1.82) is 0 Å². The third kappa shape index (κ3) is 1.66. The molecular weight excluding hydrogens is 194 g/mol. The van der Waals surface area contributed by atoms with Crippen LogP contribution in [0.4, 0.5) is 0 Å². The van der Waals surface area contributed by atoms with Crippen molar-refractivity contribution < 1.29 is 14.3 Å². The lowest BCUT2D eigenvalue weighted by Gasteiger charge is -2.33. The van der Waals surface area contributed by atoms with E-state index in [1.165, 1.54) is 4.90 Å². The van der Waals surface area contributed by atoms with Crippen molar-refractivity contribution in [2.45, 2.75) is 39.7 Å². The summed E-state index contributed by atoms with van der Waals surface area (Å²) in [5, 5.41) is 0. The summed E-state index contributed by atoms with van der Waals surface area (Å²) in [5.74, 6) is 0.277. The molecule has 0 saturated carbocycles. The van der Waals surface area contributed by atoms with Crippen LogP contribution in [0.1, 0.15) is 27.7 Å². The third-order valence-corrected chi connectivity index (χ3v) is 3.18. The highest BCUT2D eigenvalue weighted by Gasteiger charge is 2.55. The number of hydrogen-bond acceptors (Lipinski definition) is 3. The topological polar surface area (TPSA) is 38.8 Å². The highest BCUT2D eigenvalue weighted by atomic mass is 16.7. The van der Waals surface area contributed by atoms with Gasteiger partial charge in [0.15, 0.2) is 5.60 Å². The molecular formula is C11H21NO3. The van der Waals surface area contributed by atoms with Crippen molar-refractivity contribution in [2.24, 2.45) is 11.8 Å². The van der Waals surface area contributed by atoms with Crippen LogP contribution in [-0.4, -0.2) is 37.0 Å². The van der Waals surface area contributed by atoms with Gasteiger partial charge in [-0.05, 0) is 11.8 Å². The summed E-state index contributed by atoms with van der Waals surface area (Å²) in [6.07, 6.45) is -0.553. The average molecular weight is 215 g/mol. The first-order chi connectivity index (χ1) is 6.87. The zero-order chi connectivity index (χ0) is 11.8. The molecule has 0 bridgehead atoms. The maximum atomic E-state index is 12.2. The Hall–Kier alpha value is -0.610. The highest BCUT2D eigenvalue weighted by Crippen LogP contribution is 2.39. The smallest absolute Gasteiger partial charge is 0.259 e. The van der Waals surface area contributed by atoms with Gasteiger partial charge in [0.05, 0.1) is 0 Å². The summed E-state index contributed by atoms with van der Waals surface area (Å²) >= 11 is 0. The number of ether oxygens (including phenoxy) is 2. The lowest BCUT2D eigenvalue weighted by molar-refractivity contribution is -0.209. The molecule has 0 spiro atoms. The van der Waals surface area contributed by atoms with Crippen LogP contribution in [-0.2, 0) is 14.3 Å². The first-order valence-electron chi connectivity index (χ1n) is 5.35. The van der Waals surface area contributed by atoms with Crippen LogP contribution < -0.4 is 0 Å². The number of rotatable bonds is 3. The molecule has 1 aliphatic heterocycles. The average Bonchev–Trinajstić information content (AvgIpc) is 2.41. The molecule has 0 aliphatic carbocycles. The highest BCUT2D eigenvalue weighted by molar-refractivity contribution is 5.87. The van der Waals surface area contributed by atoms with Gasteiger partial charge in [-0.15, -0.1) is 0 Å². The van der Waals surface area contributed by atoms with Crippen LogP contribution in [0.15, 0.2) is 0 Å². The van der Waals surface area contributed by atoms with E-state index in [0.717, 1.165) is 0 Å². The molecule has 0 aromatic carbocycles. The minimum absolute atomic E-state index is 0.0133. The zero-order valence-electron chi connectivity index (χ0n) is 10.4. The first kappa shape index (κ1) is 12.5. The van der Waals surface area contributed by atoms with Gasteiger partial charge in [0.1, 0.15) is 0 Å². The molecule has 4 nitrogen and oxygen atoms in total. The Bertz CT molecular complexity index is 242. The number of carbonyl (C=O) groups excluding carboxylic acids is 1. The first-order valence-corrected chi connectivity index (χ1v) is 5.35. The van der Waals surface area contributed by atoms with Gasteiger partial charge in [0.2, 0.25) is 6.41 Å². The maximum absolute atomic E-state index is 12.2. The Morgan fingerprint density at radius 3 is 2.00 bits per heavy atom. The fraction of sp³-hybridized carbons (Fsp3) is 0.909. The van der Waals surface area contributed by atoms with E-state index in [1.807, 2.05) is 27.7 Å². The van der Waals surface area contributed by atoms with Crippen molar-refractivity contribution in [2.75, 3.05) is 14.2 Å². The van der Waals surface area contributed by atoms with Crippen LogP contribution in [0.2, 0.25) is 0 Å². The Morgan fingerprint density at radius 1 is 1.33 bits per heavy atom. The summed E-state index contributed by atoms with van der Waals surface area (Å²) in [6.45, 7) is 8.02. The molecule has 88 valence electrons. The third-order valence-electron chi connectivity index (χ3n) is 3.18. The van der Waals surface area contributed by atoms with Gasteiger partial charge in [0, 0.05) is 14.2 Å². The molecule has 1 saturated heterocycles. The van der Waals surface area contributed by atoms with Crippen LogP contribution in [0, 0.1) is 11.8 Å². The van der Waals surface area contributed by atoms with Gasteiger partial charge >= 0.3 is 0 Å². The molecule has 0 aromatic heterocycles. The SMILES string of the molecule is COC1OC(C(C)C)(C(C)C)C(=O)N1C. The van der Waals surface area contributed by atoms with Gasteiger partial charge in [0.25, 0.3) is 5.91 Å². The van der Waals surface area contributed by atoms with E-state index in [9.17, 15) is 4.79 Å². The number of likely N-dealkylation sites (N-methyl/N-ethyl adjacent to an activating group) is 1. The van der Waals surface area contributed by atoms with E-state index in [0.29, 0.717) is 0 Å². The van der Waals surface area contributed by atoms with Crippen molar-refractivity contribution >= 4 is 5.91 Å². The monoisotopic (exact) mass is 215 g/mol. The van der Waals surface area contributed by atoms with Crippen LogP contribution in [0.5, 0.6) is 0 Å². The second-order valence-corrected chi connectivity index (χ2v) is 4.68. The molecule has 0 N–H and O–H groups in total. The molecule has 1 fully saturated rings. The van der Waals surface area contributed by atoms with Gasteiger partial charge in [-0.1, -0.05) is 27.7 Å². The minimum Gasteiger partial charge on any atom is -0.338 e. The second kappa shape index (κ2) is 4.10. The summed E-state index contributed by atoms with van der Waals surface area (Å²) in [4.78, 5) is 13.7. The van der Waals surface area contributed by atoms with Crippen molar-refractivity contribution in [3.05, 3.63) is 0 Å². The van der Waals surface area contributed by atoms with E-state index in [4.69, 9.17) is 9.47 Å². The minimum atomic E-state index is -0.741. The number of nitrogens with zero attached hydrogens (tertiary/aromatic N) is 1. The molecule has 1 aliphatic rings. The predicted molar refractivity (Wildman–Crippen MR) is 57.1 cm³/mol. The molecule has 1 unspecified atom stereocenters. The fourth-order valence-electron chi connectivity index (χ4n) is 2.31. The Labute approximate surface area is 91.5 Å². The van der Waals surface area contributed by atoms with Crippen LogP contribution in [0.25, 0.3) is 0 Å². The van der Waals surface area contributed by atoms with Crippen LogP contribution >= 0.6 is 0 Å². The Balaban J connectivity index is 3.07. The van der Waals surface area contributed by atoms with Gasteiger partial charge in [-0.2, -0.15) is 0 Å². The Kier molecular flexibility index (Phi) is 3.41. The number of hydrogen-bond donors (Lipinski definition) is 0. The molecule has 4 heteroatoms. The summed E-state index contributed by atoms with van der Waals surface area (Å²) in [6, 6.07) is 0. The zero-order valence-corrected chi connectivity index (χ0v) is 10.4. The van der Waals surface area contributed by atoms with E-state index in [2.05, 4.69) is 0 Å². The van der Waals surface area contributed by atoms with Gasteiger partial charge < -0.3 is 9.47 Å². The van der Waals surface area contributed by atoms with Gasteiger partial charge in [-0.3, -0.25) is 9.69 Å². The summed E-state index contributed by atoms with van der Waals surface area (Å²) in [7, 11) is 3.26. The molecule has 1 amide bonds.